The lowest BCUT2D eigenvalue weighted by atomic mass is 9.90. The fourth-order valence-corrected chi connectivity index (χ4v) is 3.34. The summed E-state index contributed by atoms with van der Waals surface area (Å²) in [7, 11) is 1.82. The standard InChI is InChI=1S/C18H25N5O2/c1-14-6-3-4-7-15(14)11-22(2)17(24)12-23-9-5-8-18(25,13-23)16-10-19-21-20-16/h3-4,6-7,10,25H,5,8-9,11-13H2,1-2H3,(H,19,20,21)/t18-/m0/s1. The van der Waals surface area contributed by atoms with Crippen molar-refractivity contribution < 1.29 is 9.90 Å². The molecule has 1 aromatic heterocycles. The van der Waals surface area contributed by atoms with Crippen LogP contribution in [0.5, 0.6) is 0 Å². The molecule has 2 N–H and O–H groups in total. The molecule has 0 bridgehead atoms. The van der Waals surface area contributed by atoms with Crippen LogP contribution in [0.2, 0.25) is 0 Å². The van der Waals surface area contributed by atoms with Crippen molar-refractivity contribution in [3.63, 3.8) is 0 Å². The summed E-state index contributed by atoms with van der Waals surface area (Å²) in [5, 5.41) is 21.2. The Morgan fingerprint density at radius 3 is 2.96 bits per heavy atom. The third-order valence-corrected chi connectivity index (χ3v) is 4.90. The van der Waals surface area contributed by atoms with E-state index in [-0.39, 0.29) is 5.91 Å². The molecule has 134 valence electrons. The van der Waals surface area contributed by atoms with Gasteiger partial charge in [-0.3, -0.25) is 9.69 Å². The Balaban J connectivity index is 1.59. The van der Waals surface area contributed by atoms with E-state index in [2.05, 4.69) is 28.4 Å². The van der Waals surface area contributed by atoms with Gasteiger partial charge in [0.25, 0.3) is 0 Å². The van der Waals surface area contributed by atoms with E-state index in [9.17, 15) is 9.90 Å². The second-order valence-corrected chi connectivity index (χ2v) is 6.88. The van der Waals surface area contributed by atoms with Gasteiger partial charge in [0.15, 0.2) is 0 Å². The summed E-state index contributed by atoms with van der Waals surface area (Å²) in [6.45, 7) is 4.12. The molecule has 1 aliphatic rings. The zero-order valence-corrected chi connectivity index (χ0v) is 14.8. The van der Waals surface area contributed by atoms with Crippen LogP contribution in [-0.4, -0.2) is 62.9 Å². The quantitative estimate of drug-likeness (QED) is 0.848. The zero-order chi connectivity index (χ0) is 17.9. The third kappa shape index (κ3) is 4.05. The highest BCUT2D eigenvalue weighted by molar-refractivity contribution is 5.78. The lowest BCUT2D eigenvalue weighted by Crippen LogP contribution is -2.49. The van der Waals surface area contributed by atoms with E-state index < -0.39 is 5.60 Å². The number of nitrogens with zero attached hydrogens (tertiary/aromatic N) is 4. The maximum absolute atomic E-state index is 12.6. The number of hydrogen-bond acceptors (Lipinski definition) is 5. The second kappa shape index (κ2) is 7.33. The summed E-state index contributed by atoms with van der Waals surface area (Å²) in [4.78, 5) is 16.3. The van der Waals surface area contributed by atoms with Crippen molar-refractivity contribution in [1.82, 2.24) is 25.2 Å². The Hall–Kier alpha value is -2.25. The molecule has 0 spiro atoms. The van der Waals surface area contributed by atoms with Crippen molar-refractivity contribution in [2.45, 2.75) is 31.9 Å². The Labute approximate surface area is 147 Å². The summed E-state index contributed by atoms with van der Waals surface area (Å²) in [5.41, 5.74) is 1.83. The molecule has 0 unspecified atom stereocenters. The number of H-pyrrole nitrogens is 1. The summed E-state index contributed by atoms with van der Waals surface area (Å²) < 4.78 is 0. The number of aryl methyl sites for hydroxylation is 1. The first kappa shape index (κ1) is 17.6. The number of piperidine rings is 1. The molecule has 1 amide bonds. The number of nitrogens with one attached hydrogen (secondary N) is 1. The SMILES string of the molecule is Cc1ccccc1CN(C)C(=O)CN1CCC[C@@](O)(c2cn[nH]n2)C1. The Bertz CT molecular complexity index is 718. The number of amides is 1. The molecule has 0 saturated carbocycles. The van der Waals surface area contributed by atoms with Gasteiger partial charge in [-0.05, 0) is 37.4 Å². The average Bonchev–Trinajstić information content (AvgIpc) is 3.12. The molecule has 0 radical (unpaired) electrons. The van der Waals surface area contributed by atoms with E-state index in [0.717, 1.165) is 18.5 Å². The molecule has 7 heteroatoms. The monoisotopic (exact) mass is 343 g/mol. The lowest BCUT2D eigenvalue weighted by molar-refractivity contribution is -0.133. The summed E-state index contributed by atoms with van der Waals surface area (Å²) in [6, 6.07) is 8.09. The number of likely N-dealkylation sites (N-methyl/N-ethyl adjacent to an activating group) is 1. The normalized spacial score (nSPS) is 21.2. The number of benzene rings is 1. The molecular formula is C18H25N5O2. The van der Waals surface area contributed by atoms with Crippen LogP contribution >= 0.6 is 0 Å². The van der Waals surface area contributed by atoms with E-state index in [0.29, 0.717) is 31.7 Å². The van der Waals surface area contributed by atoms with Gasteiger partial charge >= 0.3 is 0 Å². The van der Waals surface area contributed by atoms with Crippen molar-refractivity contribution >= 4 is 5.91 Å². The first-order chi connectivity index (χ1) is 12.0. The van der Waals surface area contributed by atoms with Gasteiger partial charge in [0.1, 0.15) is 11.3 Å². The maximum atomic E-state index is 12.6. The van der Waals surface area contributed by atoms with Crippen molar-refractivity contribution in [3.05, 3.63) is 47.3 Å². The molecule has 2 heterocycles. The number of aromatic nitrogens is 3. The number of hydrogen-bond donors (Lipinski definition) is 2. The van der Waals surface area contributed by atoms with E-state index in [1.54, 1.807) is 11.1 Å². The second-order valence-electron chi connectivity index (χ2n) is 6.88. The molecule has 1 aliphatic heterocycles. The van der Waals surface area contributed by atoms with Gasteiger partial charge in [0, 0.05) is 20.1 Å². The molecule has 3 rings (SSSR count). The number of carbonyl (C=O) groups excluding carboxylic acids is 1. The summed E-state index contributed by atoms with van der Waals surface area (Å²) >= 11 is 0. The minimum Gasteiger partial charge on any atom is -0.382 e. The van der Waals surface area contributed by atoms with Crippen LogP contribution in [0.25, 0.3) is 0 Å². The highest BCUT2D eigenvalue weighted by atomic mass is 16.3. The molecule has 1 fully saturated rings. The number of β-amino-alcohol motifs (C(OH)–C–C–N with tert-alkyl or cyclic N) is 1. The van der Waals surface area contributed by atoms with E-state index in [4.69, 9.17) is 0 Å². The van der Waals surface area contributed by atoms with Crippen LogP contribution in [-0.2, 0) is 16.9 Å². The predicted octanol–water partition coefficient (Wildman–Crippen LogP) is 1.06. The first-order valence-electron chi connectivity index (χ1n) is 8.57. The van der Waals surface area contributed by atoms with Crippen LogP contribution in [0, 0.1) is 6.92 Å². The number of carbonyl (C=O) groups is 1. The van der Waals surface area contributed by atoms with Crippen LogP contribution in [0.15, 0.2) is 30.5 Å². The van der Waals surface area contributed by atoms with Crippen LogP contribution in [0.4, 0.5) is 0 Å². The Kier molecular flexibility index (Phi) is 5.15. The highest BCUT2D eigenvalue weighted by Gasteiger charge is 2.37. The molecule has 1 aromatic carbocycles. The van der Waals surface area contributed by atoms with E-state index in [1.165, 1.54) is 5.56 Å². The minimum atomic E-state index is -1.04. The molecule has 2 aromatic rings. The summed E-state index contributed by atoms with van der Waals surface area (Å²) in [6.07, 6.45) is 3.00. The van der Waals surface area contributed by atoms with Crippen molar-refractivity contribution in [3.8, 4) is 0 Å². The number of aromatic amines is 1. The van der Waals surface area contributed by atoms with Crippen molar-refractivity contribution in [2.75, 3.05) is 26.7 Å². The van der Waals surface area contributed by atoms with Crippen LogP contribution in [0.1, 0.15) is 29.7 Å². The predicted molar refractivity (Wildman–Crippen MR) is 93.6 cm³/mol. The fourth-order valence-electron chi connectivity index (χ4n) is 3.34. The molecule has 0 aliphatic carbocycles. The lowest BCUT2D eigenvalue weighted by Gasteiger charge is -2.38. The van der Waals surface area contributed by atoms with Crippen molar-refractivity contribution in [2.24, 2.45) is 0 Å². The highest BCUT2D eigenvalue weighted by Crippen LogP contribution is 2.29. The molecule has 7 nitrogen and oxygen atoms in total. The average molecular weight is 343 g/mol. The molecule has 25 heavy (non-hydrogen) atoms. The summed E-state index contributed by atoms with van der Waals surface area (Å²) in [5.74, 6) is 0.0488. The van der Waals surface area contributed by atoms with Gasteiger partial charge in [-0.15, -0.1) is 0 Å². The molecule has 1 atom stereocenters. The van der Waals surface area contributed by atoms with Gasteiger partial charge in [-0.25, -0.2) is 0 Å². The van der Waals surface area contributed by atoms with Gasteiger partial charge in [-0.1, -0.05) is 24.3 Å². The van der Waals surface area contributed by atoms with Crippen molar-refractivity contribution in [1.29, 1.82) is 0 Å². The third-order valence-electron chi connectivity index (χ3n) is 4.90. The maximum Gasteiger partial charge on any atom is 0.236 e. The number of likely N-dealkylation sites (tertiary alicyclic amines) is 1. The van der Waals surface area contributed by atoms with Gasteiger partial charge < -0.3 is 10.0 Å². The number of aliphatic hydroxyl groups is 1. The van der Waals surface area contributed by atoms with Crippen LogP contribution in [0.3, 0.4) is 0 Å². The molecule has 1 saturated heterocycles. The zero-order valence-electron chi connectivity index (χ0n) is 14.8. The van der Waals surface area contributed by atoms with Gasteiger partial charge in [0.05, 0.1) is 12.7 Å². The Morgan fingerprint density at radius 1 is 1.44 bits per heavy atom. The molecular weight excluding hydrogens is 318 g/mol. The minimum absolute atomic E-state index is 0.0488. The number of rotatable bonds is 5. The topological polar surface area (TPSA) is 85.4 Å². The van der Waals surface area contributed by atoms with E-state index in [1.807, 2.05) is 30.1 Å². The Morgan fingerprint density at radius 2 is 2.24 bits per heavy atom. The van der Waals surface area contributed by atoms with E-state index >= 15 is 0 Å². The van der Waals surface area contributed by atoms with Crippen LogP contribution < -0.4 is 0 Å². The van der Waals surface area contributed by atoms with Gasteiger partial charge in [0.2, 0.25) is 5.91 Å². The fraction of sp³-hybridized carbons (Fsp3) is 0.500. The smallest absolute Gasteiger partial charge is 0.236 e. The van der Waals surface area contributed by atoms with Gasteiger partial charge in [-0.2, -0.15) is 15.4 Å². The first-order valence-corrected chi connectivity index (χ1v) is 8.57. The largest absolute Gasteiger partial charge is 0.382 e.